The molecule has 1 atom stereocenters. The minimum absolute atomic E-state index is 0.0969. The van der Waals surface area contributed by atoms with Crippen LogP contribution in [0.5, 0.6) is 0 Å². The van der Waals surface area contributed by atoms with Gasteiger partial charge in [0.1, 0.15) is 17.6 Å². The van der Waals surface area contributed by atoms with Gasteiger partial charge in [-0.15, -0.1) is 0 Å². The zero-order valence-electron chi connectivity index (χ0n) is 14.8. The van der Waals surface area contributed by atoms with E-state index in [9.17, 15) is 9.59 Å². The van der Waals surface area contributed by atoms with E-state index >= 15 is 0 Å². The molecule has 0 saturated carbocycles. The molecule has 0 fully saturated rings. The largest absolute Gasteiger partial charge is 0.449 e. The lowest BCUT2D eigenvalue weighted by Crippen LogP contribution is -3.09. The van der Waals surface area contributed by atoms with Crippen LogP contribution in [0.3, 0.4) is 0 Å². The Balaban J connectivity index is 1.85. The van der Waals surface area contributed by atoms with Gasteiger partial charge < -0.3 is 19.2 Å². The van der Waals surface area contributed by atoms with E-state index in [1.54, 1.807) is 4.90 Å². The van der Waals surface area contributed by atoms with Crippen LogP contribution in [0.1, 0.15) is 19.7 Å². The molecule has 1 unspecified atom stereocenters. The molecule has 2 N–H and O–H groups in total. The number of fused-ring (bicyclic) bond motifs is 3. The van der Waals surface area contributed by atoms with Gasteiger partial charge >= 0.3 is 0 Å². The summed E-state index contributed by atoms with van der Waals surface area (Å²) in [6, 6.07) is 7.45. The topological polar surface area (TPSA) is 83.6 Å². The Kier molecular flexibility index (Phi) is 4.85. The van der Waals surface area contributed by atoms with Crippen molar-refractivity contribution in [2.75, 3.05) is 26.7 Å². The lowest BCUT2D eigenvalue weighted by atomic mass is 10.2. The highest BCUT2D eigenvalue weighted by atomic mass is 16.3. The number of para-hydroxylation sites is 1. The van der Waals surface area contributed by atoms with Gasteiger partial charge in [-0.1, -0.05) is 12.1 Å². The molecule has 2 aromatic heterocycles. The Morgan fingerprint density at radius 1 is 1.28 bits per heavy atom. The molecule has 7 heteroatoms. The Hall–Kier alpha value is -2.67. The van der Waals surface area contributed by atoms with Crippen LogP contribution in [0.2, 0.25) is 0 Å². The Morgan fingerprint density at radius 2 is 2.00 bits per heavy atom. The molecule has 2 heterocycles. The normalized spacial score (nSPS) is 12.6. The summed E-state index contributed by atoms with van der Waals surface area (Å²) < 4.78 is 5.59. The van der Waals surface area contributed by atoms with Gasteiger partial charge in [-0.05, 0) is 26.0 Å². The van der Waals surface area contributed by atoms with Gasteiger partial charge in [0.15, 0.2) is 12.4 Å². The zero-order valence-corrected chi connectivity index (χ0v) is 14.8. The molecular weight excluding hydrogens is 320 g/mol. The van der Waals surface area contributed by atoms with E-state index in [2.05, 4.69) is 9.97 Å². The number of aromatic nitrogens is 2. The number of H-pyrrole nitrogens is 1. The van der Waals surface area contributed by atoms with Gasteiger partial charge in [0.25, 0.3) is 11.5 Å². The first kappa shape index (κ1) is 17.2. The number of quaternary nitrogens is 1. The van der Waals surface area contributed by atoms with E-state index in [-0.39, 0.29) is 17.0 Å². The summed E-state index contributed by atoms with van der Waals surface area (Å²) in [4.78, 5) is 34.6. The summed E-state index contributed by atoms with van der Waals surface area (Å²) >= 11 is 0. The summed E-state index contributed by atoms with van der Waals surface area (Å²) in [5.74, 6) is 0.647. The van der Waals surface area contributed by atoms with E-state index in [1.807, 2.05) is 45.2 Å². The number of carbonyl (C=O) groups excluding carboxylic acids is 1. The molecular formula is C18H23N4O3+. The Labute approximate surface area is 145 Å². The molecule has 1 amide bonds. The minimum atomic E-state index is -0.293. The molecule has 0 bridgehead atoms. The second kappa shape index (κ2) is 7.06. The lowest BCUT2D eigenvalue weighted by Gasteiger charge is -2.20. The molecule has 0 aliphatic heterocycles. The standard InChI is InChI=1S/C18H22N4O3/c1-4-22(5-2)15(23)11-21(3)10-14-19-16-12-8-6-7-9-13(12)25-17(16)18(24)20-14/h6-9H,4-5,10-11H2,1-3H3,(H,19,20,24)/p+1. The van der Waals surface area contributed by atoms with E-state index in [4.69, 9.17) is 4.42 Å². The number of aromatic amines is 1. The van der Waals surface area contributed by atoms with Crippen LogP contribution in [-0.2, 0) is 11.3 Å². The van der Waals surface area contributed by atoms with Crippen LogP contribution in [-0.4, -0.2) is 47.5 Å². The van der Waals surface area contributed by atoms with Crippen molar-refractivity contribution in [3.05, 3.63) is 40.4 Å². The molecule has 3 aromatic rings. The van der Waals surface area contributed by atoms with E-state index in [0.29, 0.717) is 43.1 Å². The molecule has 0 spiro atoms. The van der Waals surface area contributed by atoms with Crippen LogP contribution in [0.15, 0.2) is 33.5 Å². The number of carbonyl (C=O) groups is 1. The average Bonchev–Trinajstić information content (AvgIpc) is 2.95. The third kappa shape index (κ3) is 3.41. The number of furan rings is 1. The third-order valence-corrected chi connectivity index (χ3v) is 4.32. The van der Waals surface area contributed by atoms with E-state index in [1.165, 1.54) is 0 Å². The molecule has 0 aliphatic rings. The lowest BCUT2D eigenvalue weighted by molar-refractivity contribution is -0.886. The van der Waals surface area contributed by atoms with Gasteiger partial charge in [-0.25, -0.2) is 4.98 Å². The number of amides is 1. The Morgan fingerprint density at radius 3 is 2.72 bits per heavy atom. The summed E-state index contributed by atoms with van der Waals surface area (Å²) in [6.07, 6.45) is 0. The van der Waals surface area contributed by atoms with Crippen molar-refractivity contribution in [2.24, 2.45) is 0 Å². The van der Waals surface area contributed by atoms with Crippen LogP contribution in [0.25, 0.3) is 22.1 Å². The summed E-state index contributed by atoms with van der Waals surface area (Å²) in [6.45, 7) is 6.14. The number of likely N-dealkylation sites (N-methyl/N-ethyl adjacent to an activating group) is 2. The fourth-order valence-electron chi connectivity index (χ4n) is 3.03. The van der Waals surface area contributed by atoms with Crippen molar-refractivity contribution in [1.29, 1.82) is 0 Å². The number of rotatable bonds is 6. The fraction of sp³-hybridized carbons (Fsp3) is 0.389. The highest BCUT2D eigenvalue weighted by Gasteiger charge is 2.18. The highest BCUT2D eigenvalue weighted by molar-refractivity contribution is 6.01. The first-order valence-corrected chi connectivity index (χ1v) is 8.53. The monoisotopic (exact) mass is 343 g/mol. The third-order valence-electron chi connectivity index (χ3n) is 4.32. The smallest absolute Gasteiger partial charge is 0.294 e. The van der Waals surface area contributed by atoms with Gasteiger partial charge in [0.2, 0.25) is 5.58 Å². The molecule has 132 valence electrons. The fourth-order valence-corrected chi connectivity index (χ4v) is 3.03. The van der Waals surface area contributed by atoms with Crippen LogP contribution >= 0.6 is 0 Å². The van der Waals surface area contributed by atoms with Crippen molar-refractivity contribution >= 4 is 28.0 Å². The quantitative estimate of drug-likeness (QED) is 0.685. The van der Waals surface area contributed by atoms with Gasteiger partial charge in [-0.3, -0.25) is 9.59 Å². The second-order valence-corrected chi connectivity index (χ2v) is 6.17. The van der Waals surface area contributed by atoms with Crippen LogP contribution < -0.4 is 10.5 Å². The van der Waals surface area contributed by atoms with E-state index < -0.39 is 0 Å². The summed E-state index contributed by atoms with van der Waals surface area (Å²) in [5, 5.41) is 0.821. The second-order valence-electron chi connectivity index (χ2n) is 6.17. The number of nitrogens with one attached hydrogen (secondary N) is 2. The number of hydrogen-bond acceptors (Lipinski definition) is 4. The molecule has 0 saturated heterocycles. The van der Waals surface area contributed by atoms with Gasteiger partial charge in [0, 0.05) is 18.5 Å². The minimum Gasteiger partial charge on any atom is -0.449 e. The van der Waals surface area contributed by atoms with Crippen LogP contribution in [0, 0.1) is 0 Å². The van der Waals surface area contributed by atoms with E-state index in [0.717, 1.165) is 10.3 Å². The summed E-state index contributed by atoms with van der Waals surface area (Å²) in [7, 11) is 1.92. The average molecular weight is 343 g/mol. The van der Waals surface area contributed by atoms with Gasteiger partial charge in [0.05, 0.1) is 7.05 Å². The highest BCUT2D eigenvalue weighted by Crippen LogP contribution is 2.24. The molecule has 0 aliphatic carbocycles. The molecule has 7 nitrogen and oxygen atoms in total. The van der Waals surface area contributed by atoms with Gasteiger partial charge in [-0.2, -0.15) is 0 Å². The number of nitrogens with zero attached hydrogens (tertiary/aromatic N) is 2. The molecule has 0 radical (unpaired) electrons. The van der Waals surface area contributed by atoms with Crippen molar-refractivity contribution in [3.8, 4) is 0 Å². The van der Waals surface area contributed by atoms with Crippen molar-refractivity contribution in [3.63, 3.8) is 0 Å². The maximum Gasteiger partial charge on any atom is 0.294 e. The van der Waals surface area contributed by atoms with Crippen LogP contribution in [0.4, 0.5) is 0 Å². The molecule has 3 rings (SSSR count). The summed E-state index contributed by atoms with van der Waals surface area (Å²) in [5.41, 5.74) is 1.16. The zero-order chi connectivity index (χ0) is 18.0. The first-order valence-electron chi connectivity index (χ1n) is 8.53. The Bertz CT molecular complexity index is 956. The predicted octanol–water partition coefficient (Wildman–Crippen LogP) is 0.552. The van der Waals surface area contributed by atoms with Crippen molar-refractivity contribution in [1.82, 2.24) is 14.9 Å². The SMILES string of the molecule is CCN(CC)C(=O)C[NH+](C)Cc1nc2c(oc3ccccc32)c(=O)[nH]1. The maximum absolute atomic E-state index is 12.3. The first-order chi connectivity index (χ1) is 12.0. The van der Waals surface area contributed by atoms with Crippen molar-refractivity contribution in [2.45, 2.75) is 20.4 Å². The number of benzene rings is 1. The molecule has 25 heavy (non-hydrogen) atoms. The number of hydrogen-bond donors (Lipinski definition) is 2. The van der Waals surface area contributed by atoms with Crippen molar-refractivity contribution < 1.29 is 14.1 Å². The molecule has 1 aromatic carbocycles. The maximum atomic E-state index is 12.3. The predicted molar refractivity (Wildman–Crippen MR) is 95.5 cm³/mol.